The van der Waals surface area contributed by atoms with Crippen molar-refractivity contribution in [3.05, 3.63) is 23.5 Å². The number of carbonyl (C=O) groups is 1. The van der Waals surface area contributed by atoms with Crippen LogP contribution in [-0.2, 0) is 4.79 Å². The highest BCUT2D eigenvalue weighted by Crippen LogP contribution is 2.34. The van der Waals surface area contributed by atoms with Gasteiger partial charge in [-0.25, -0.2) is 10.4 Å². The maximum absolute atomic E-state index is 11.7. The van der Waals surface area contributed by atoms with Crippen LogP contribution in [0.15, 0.2) is 23.5 Å². The van der Waals surface area contributed by atoms with Gasteiger partial charge in [-0.05, 0) is 11.5 Å². The lowest BCUT2D eigenvalue weighted by molar-refractivity contribution is -0.135. The van der Waals surface area contributed by atoms with Crippen molar-refractivity contribution < 1.29 is 15.0 Å². The Labute approximate surface area is 101 Å². The Hall–Kier alpha value is -1.17. The highest BCUT2D eigenvalue weighted by Gasteiger charge is 2.39. The summed E-state index contributed by atoms with van der Waals surface area (Å²) in [5.41, 5.74) is 1.02. The average molecular weight is 240 g/mol. The Morgan fingerprint density at radius 2 is 1.88 bits per heavy atom. The molecular formula is C12H20N2O3. The van der Waals surface area contributed by atoms with Gasteiger partial charge in [0.25, 0.3) is 0 Å². The number of ketones is 1. The number of nitrogens with one attached hydrogen (secondary N) is 1. The lowest BCUT2D eigenvalue weighted by atomic mass is 9.80. The number of allylic oxidation sites excluding steroid dienone is 1. The van der Waals surface area contributed by atoms with Gasteiger partial charge < -0.3 is 10.2 Å². The maximum Gasteiger partial charge on any atom is 0.213 e. The lowest BCUT2D eigenvalue weighted by Gasteiger charge is -2.34. The normalized spacial score (nSPS) is 25.9. The molecule has 1 aliphatic carbocycles. The first kappa shape index (κ1) is 13.9. The van der Waals surface area contributed by atoms with E-state index in [1.165, 1.54) is 11.1 Å². The highest BCUT2D eigenvalue weighted by atomic mass is 16.3. The zero-order valence-corrected chi connectivity index (χ0v) is 10.9. The second-order valence-electron chi connectivity index (χ2n) is 5.47. The summed E-state index contributed by atoms with van der Waals surface area (Å²) in [5.74, 6) is -0.676. The molecule has 0 aliphatic heterocycles. The Balaban J connectivity index is 3.19. The maximum atomic E-state index is 11.7. The fourth-order valence-corrected chi connectivity index (χ4v) is 1.69. The number of carbonyl (C=O) groups excluding carboxylic acids is 1. The third-order valence-corrected chi connectivity index (χ3v) is 2.47. The molecule has 0 aromatic carbocycles. The third kappa shape index (κ3) is 2.94. The topological polar surface area (TPSA) is 72.8 Å². The summed E-state index contributed by atoms with van der Waals surface area (Å²) >= 11 is 0. The van der Waals surface area contributed by atoms with Crippen molar-refractivity contribution in [1.82, 2.24) is 10.4 Å². The van der Waals surface area contributed by atoms with Crippen LogP contribution in [0.3, 0.4) is 0 Å². The van der Waals surface area contributed by atoms with E-state index in [0.29, 0.717) is 5.57 Å². The number of nitrogens with zero attached hydrogens (tertiary/aromatic N) is 1. The number of hydrazine groups is 1. The van der Waals surface area contributed by atoms with Gasteiger partial charge in [-0.2, -0.15) is 0 Å². The van der Waals surface area contributed by atoms with Crippen LogP contribution in [0.4, 0.5) is 0 Å². The van der Waals surface area contributed by atoms with Crippen LogP contribution in [0.1, 0.15) is 20.8 Å². The van der Waals surface area contributed by atoms with E-state index < -0.39 is 11.5 Å². The summed E-state index contributed by atoms with van der Waals surface area (Å²) in [6.45, 7) is 5.69. The second kappa shape index (κ2) is 4.25. The highest BCUT2D eigenvalue weighted by molar-refractivity contribution is 6.00. The molecule has 0 bridgehead atoms. The number of aliphatic hydroxyl groups is 2. The summed E-state index contributed by atoms with van der Waals surface area (Å²) in [7, 11) is 3.35. The molecule has 0 saturated carbocycles. The monoisotopic (exact) mass is 240 g/mol. The van der Waals surface area contributed by atoms with Crippen LogP contribution in [0.2, 0.25) is 0 Å². The molecule has 1 atom stereocenters. The van der Waals surface area contributed by atoms with Gasteiger partial charge in [0.15, 0.2) is 0 Å². The summed E-state index contributed by atoms with van der Waals surface area (Å²) in [5, 5.41) is 21.5. The minimum atomic E-state index is -1.79. The molecule has 0 aromatic heterocycles. The zero-order chi connectivity index (χ0) is 13.4. The predicted molar refractivity (Wildman–Crippen MR) is 65.0 cm³/mol. The minimum Gasteiger partial charge on any atom is -0.508 e. The van der Waals surface area contributed by atoms with E-state index in [-0.39, 0.29) is 11.2 Å². The van der Waals surface area contributed by atoms with Gasteiger partial charge in [0.2, 0.25) is 11.5 Å². The Morgan fingerprint density at radius 1 is 1.35 bits per heavy atom. The minimum absolute atomic E-state index is 0.0901. The molecule has 0 fully saturated rings. The second-order valence-corrected chi connectivity index (χ2v) is 5.47. The van der Waals surface area contributed by atoms with E-state index in [1.54, 1.807) is 14.1 Å². The molecule has 0 spiro atoms. The number of hydrogen-bond donors (Lipinski definition) is 3. The van der Waals surface area contributed by atoms with Gasteiger partial charge >= 0.3 is 0 Å². The van der Waals surface area contributed by atoms with Crippen molar-refractivity contribution in [3.8, 4) is 0 Å². The summed E-state index contributed by atoms with van der Waals surface area (Å²) in [4.78, 5) is 11.7. The smallest absolute Gasteiger partial charge is 0.213 e. The van der Waals surface area contributed by atoms with Crippen molar-refractivity contribution in [2.75, 3.05) is 14.1 Å². The van der Waals surface area contributed by atoms with Crippen molar-refractivity contribution in [3.63, 3.8) is 0 Å². The van der Waals surface area contributed by atoms with E-state index in [1.807, 2.05) is 20.8 Å². The molecule has 0 heterocycles. The van der Waals surface area contributed by atoms with Crippen LogP contribution >= 0.6 is 0 Å². The molecule has 17 heavy (non-hydrogen) atoms. The lowest BCUT2D eigenvalue weighted by Crippen LogP contribution is -2.56. The van der Waals surface area contributed by atoms with Gasteiger partial charge in [-0.1, -0.05) is 20.8 Å². The molecule has 0 radical (unpaired) electrons. The Kier molecular flexibility index (Phi) is 3.47. The summed E-state index contributed by atoms with van der Waals surface area (Å²) in [6.07, 6.45) is 2.42. The van der Waals surface area contributed by atoms with Crippen molar-refractivity contribution in [2.45, 2.75) is 26.5 Å². The van der Waals surface area contributed by atoms with Gasteiger partial charge in [0, 0.05) is 25.7 Å². The molecule has 1 unspecified atom stereocenters. The quantitative estimate of drug-likeness (QED) is 0.490. The Bertz CT molecular complexity index is 391. The van der Waals surface area contributed by atoms with E-state index in [2.05, 4.69) is 5.43 Å². The molecule has 3 N–H and O–H groups in total. The molecule has 96 valence electrons. The molecular weight excluding hydrogens is 220 g/mol. The molecule has 5 nitrogen and oxygen atoms in total. The number of hydrogen-bond acceptors (Lipinski definition) is 5. The summed E-state index contributed by atoms with van der Waals surface area (Å²) < 4.78 is 0. The van der Waals surface area contributed by atoms with Crippen molar-refractivity contribution >= 4 is 5.78 Å². The van der Waals surface area contributed by atoms with E-state index >= 15 is 0 Å². The van der Waals surface area contributed by atoms with Gasteiger partial charge in [0.05, 0.1) is 0 Å². The van der Waals surface area contributed by atoms with Crippen LogP contribution in [-0.4, -0.2) is 40.8 Å². The van der Waals surface area contributed by atoms with E-state index in [4.69, 9.17) is 0 Å². The van der Waals surface area contributed by atoms with Crippen molar-refractivity contribution in [1.29, 1.82) is 0 Å². The zero-order valence-electron chi connectivity index (χ0n) is 10.9. The molecule has 1 aliphatic rings. The molecule has 0 amide bonds. The van der Waals surface area contributed by atoms with Crippen LogP contribution in [0.5, 0.6) is 0 Å². The largest absolute Gasteiger partial charge is 0.508 e. The van der Waals surface area contributed by atoms with Crippen LogP contribution in [0.25, 0.3) is 0 Å². The fourth-order valence-electron chi connectivity index (χ4n) is 1.69. The first-order chi connectivity index (χ1) is 7.56. The number of rotatable bonds is 2. The van der Waals surface area contributed by atoms with E-state index in [0.717, 1.165) is 6.08 Å². The number of aliphatic hydroxyl groups excluding tert-OH is 1. The molecule has 0 saturated heterocycles. The first-order valence-corrected chi connectivity index (χ1v) is 5.42. The molecule has 0 aromatic rings. The Morgan fingerprint density at radius 3 is 2.29 bits per heavy atom. The average Bonchev–Trinajstić information content (AvgIpc) is 2.08. The van der Waals surface area contributed by atoms with Gasteiger partial charge in [0.1, 0.15) is 5.76 Å². The molecule has 5 heteroatoms. The van der Waals surface area contributed by atoms with E-state index in [9.17, 15) is 15.0 Å². The predicted octanol–water partition coefficient (Wildman–Crippen LogP) is 0.738. The van der Waals surface area contributed by atoms with Crippen LogP contribution < -0.4 is 5.43 Å². The molecule has 1 rings (SSSR count). The SMILES string of the molecule is CN(C)NC1(O)C=C(C(C)(C)C)C(O)=CC1=O. The van der Waals surface area contributed by atoms with Crippen LogP contribution in [0, 0.1) is 5.41 Å². The van der Waals surface area contributed by atoms with Crippen molar-refractivity contribution in [2.24, 2.45) is 5.41 Å². The third-order valence-electron chi connectivity index (χ3n) is 2.47. The standard InChI is InChI=1S/C12H20N2O3/c1-11(2,3)8-7-12(17,13-14(4)5)10(16)6-9(8)15/h6-7,13,15,17H,1-5H3. The first-order valence-electron chi connectivity index (χ1n) is 5.42. The fraction of sp³-hybridized carbons (Fsp3) is 0.583. The van der Waals surface area contributed by atoms with Gasteiger partial charge in [-0.3, -0.25) is 4.79 Å². The summed E-state index contributed by atoms with van der Waals surface area (Å²) in [6, 6.07) is 0. The van der Waals surface area contributed by atoms with Gasteiger partial charge in [-0.15, -0.1) is 0 Å².